The molecule has 0 heterocycles. The maximum absolute atomic E-state index is 11.6. The van der Waals surface area contributed by atoms with Crippen LogP contribution in [0, 0.1) is 0 Å². The van der Waals surface area contributed by atoms with Gasteiger partial charge < -0.3 is 20.9 Å². The van der Waals surface area contributed by atoms with Gasteiger partial charge in [-0.05, 0) is 12.8 Å². The maximum Gasteiger partial charge on any atom is 0.336 e. The van der Waals surface area contributed by atoms with Crippen LogP contribution in [0.15, 0.2) is 0 Å². The van der Waals surface area contributed by atoms with Gasteiger partial charge >= 0.3 is 5.97 Å². The number of aliphatic hydroxyl groups is 1. The molecule has 0 rings (SSSR count). The van der Waals surface area contributed by atoms with Crippen LogP contribution in [0.3, 0.4) is 0 Å². The van der Waals surface area contributed by atoms with E-state index >= 15 is 0 Å². The molecule has 0 aliphatic heterocycles. The smallest absolute Gasteiger partial charge is 0.336 e. The maximum atomic E-state index is 11.6. The molecule has 16 heavy (non-hydrogen) atoms. The Hall–Kier alpha value is -1.14. The molecule has 0 saturated heterocycles. The van der Waals surface area contributed by atoms with E-state index in [0.717, 1.165) is 0 Å². The minimum Gasteiger partial charge on any atom is -0.467 e. The summed E-state index contributed by atoms with van der Waals surface area (Å²) in [6, 6.07) is 0. The van der Waals surface area contributed by atoms with Gasteiger partial charge in [-0.1, -0.05) is 13.8 Å². The lowest BCUT2D eigenvalue weighted by Crippen LogP contribution is -2.54. The number of aliphatic hydroxyl groups excluding tert-OH is 1. The minimum atomic E-state index is -1.35. The second kappa shape index (κ2) is 6.44. The molecule has 0 aromatic heterocycles. The number of hydrogen-bond donors (Lipinski definition) is 3. The van der Waals surface area contributed by atoms with Gasteiger partial charge in [-0.25, -0.2) is 4.79 Å². The Morgan fingerprint density at radius 3 is 2.31 bits per heavy atom. The predicted octanol–water partition coefficient (Wildman–Crippen LogP) is -0.846. The van der Waals surface area contributed by atoms with E-state index in [1.165, 1.54) is 7.11 Å². The molecule has 6 heteroatoms. The predicted molar refractivity (Wildman–Crippen MR) is 58.5 cm³/mol. The van der Waals surface area contributed by atoms with Gasteiger partial charge in [0.25, 0.3) is 0 Å². The number of rotatable bonds is 6. The molecule has 0 bridgehead atoms. The van der Waals surface area contributed by atoms with E-state index < -0.39 is 17.6 Å². The zero-order chi connectivity index (χ0) is 12.8. The third-order valence-corrected chi connectivity index (χ3v) is 2.64. The summed E-state index contributed by atoms with van der Waals surface area (Å²) in [6.45, 7) is 3.42. The molecule has 1 atom stereocenters. The number of nitrogens with two attached hydrogens (primary N) is 1. The number of hydrogen-bond acceptors (Lipinski definition) is 5. The van der Waals surface area contributed by atoms with E-state index in [1.807, 2.05) is 0 Å². The molecule has 0 aromatic rings. The van der Waals surface area contributed by atoms with Crippen molar-refractivity contribution >= 4 is 11.9 Å². The average Bonchev–Trinajstić information content (AvgIpc) is 2.33. The van der Waals surface area contributed by atoms with Crippen LogP contribution in [-0.2, 0) is 14.3 Å². The highest BCUT2D eigenvalue weighted by Crippen LogP contribution is 2.10. The Labute approximate surface area is 95.1 Å². The summed E-state index contributed by atoms with van der Waals surface area (Å²) in [7, 11) is 1.17. The van der Waals surface area contributed by atoms with Crippen LogP contribution in [0.5, 0.6) is 0 Å². The Kier molecular flexibility index (Phi) is 5.98. The zero-order valence-corrected chi connectivity index (χ0v) is 9.95. The van der Waals surface area contributed by atoms with Crippen LogP contribution < -0.4 is 11.1 Å². The van der Waals surface area contributed by atoms with E-state index in [9.17, 15) is 14.7 Å². The largest absolute Gasteiger partial charge is 0.467 e. The number of carbonyl (C=O) groups excluding carboxylic acids is 2. The molecule has 0 aliphatic carbocycles. The van der Waals surface area contributed by atoms with Crippen LogP contribution in [0.25, 0.3) is 0 Å². The first-order chi connectivity index (χ1) is 7.41. The zero-order valence-electron chi connectivity index (χ0n) is 9.95. The lowest BCUT2D eigenvalue weighted by molar-refractivity contribution is -0.150. The van der Waals surface area contributed by atoms with Crippen molar-refractivity contribution < 1.29 is 19.4 Å². The van der Waals surface area contributed by atoms with Gasteiger partial charge in [0.1, 0.15) is 0 Å². The highest BCUT2D eigenvalue weighted by atomic mass is 16.5. The summed E-state index contributed by atoms with van der Waals surface area (Å²) in [5.74, 6) is -1.16. The van der Waals surface area contributed by atoms with Crippen molar-refractivity contribution in [2.45, 2.75) is 38.3 Å². The number of carbonyl (C=O) groups is 2. The standard InChI is InChI=1S/C10H20N2O4/c1-4-10(11,5-2)9(15)12-6-7(13)8(14)16-3/h7,13H,4-6,11H2,1-3H3,(H,12,15). The SMILES string of the molecule is CCC(N)(CC)C(=O)NCC(O)C(=O)OC. The van der Waals surface area contributed by atoms with Crippen molar-refractivity contribution in [1.29, 1.82) is 0 Å². The summed E-state index contributed by atoms with van der Waals surface area (Å²) in [5.41, 5.74) is 4.88. The fourth-order valence-electron chi connectivity index (χ4n) is 1.16. The van der Waals surface area contributed by atoms with Gasteiger partial charge in [-0.15, -0.1) is 0 Å². The third-order valence-electron chi connectivity index (χ3n) is 2.64. The lowest BCUT2D eigenvalue weighted by Gasteiger charge is -2.25. The Balaban J connectivity index is 4.21. The molecule has 1 amide bonds. The molecule has 6 nitrogen and oxygen atoms in total. The summed E-state index contributed by atoms with van der Waals surface area (Å²) >= 11 is 0. The molecule has 0 aromatic carbocycles. The number of nitrogens with one attached hydrogen (secondary N) is 1. The Morgan fingerprint density at radius 2 is 1.94 bits per heavy atom. The van der Waals surface area contributed by atoms with Gasteiger partial charge in [0, 0.05) is 0 Å². The fraction of sp³-hybridized carbons (Fsp3) is 0.800. The molecular weight excluding hydrogens is 212 g/mol. The quantitative estimate of drug-likeness (QED) is 0.518. The molecule has 0 fully saturated rings. The van der Waals surface area contributed by atoms with Crippen LogP contribution in [0.4, 0.5) is 0 Å². The Bertz CT molecular complexity index is 251. The van der Waals surface area contributed by atoms with Gasteiger partial charge in [0.2, 0.25) is 5.91 Å². The summed E-state index contributed by atoms with van der Waals surface area (Å²) in [6.07, 6.45) is -0.375. The molecule has 4 N–H and O–H groups in total. The van der Waals surface area contributed by atoms with Gasteiger partial charge in [-0.2, -0.15) is 0 Å². The van der Waals surface area contributed by atoms with Crippen molar-refractivity contribution in [3.63, 3.8) is 0 Å². The van der Waals surface area contributed by atoms with Crippen molar-refractivity contribution in [1.82, 2.24) is 5.32 Å². The van der Waals surface area contributed by atoms with Crippen LogP contribution in [0.2, 0.25) is 0 Å². The van der Waals surface area contributed by atoms with Gasteiger partial charge in [0.05, 0.1) is 19.2 Å². The highest BCUT2D eigenvalue weighted by Gasteiger charge is 2.30. The number of amides is 1. The first kappa shape index (κ1) is 14.9. The van der Waals surface area contributed by atoms with E-state index in [1.54, 1.807) is 13.8 Å². The fourth-order valence-corrected chi connectivity index (χ4v) is 1.16. The van der Waals surface area contributed by atoms with E-state index in [-0.39, 0.29) is 12.5 Å². The van der Waals surface area contributed by atoms with Crippen molar-refractivity contribution in [2.75, 3.05) is 13.7 Å². The van der Waals surface area contributed by atoms with Gasteiger partial charge in [-0.3, -0.25) is 4.79 Å². The number of ether oxygens (including phenoxy) is 1. The second-order valence-electron chi connectivity index (χ2n) is 3.61. The van der Waals surface area contributed by atoms with E-state index in [2.05, 4.69) is 10.1 Å². The van der Waals surface area contributed by atoms with Crippen molar-refractivity contribution in [3.05, 3.63) is 0 Å². The number of methoxy groups -OCH3 is 1. The molecule has 0 spiro atoms. The van der Waals surface area contributed by atoms with Crippen molar-refractivity contribution in [2.24, 2.45) is 5.73 Å². The van der Waals surface area contributed by atoms with E-state index in [4.69, 9.17) is 5.73 Å². The number of esters is 1. The molecule has 0 aliphatic rings. The molecule has 1 unspecified atom stereocenters. The van der Waals surface area contributed by atoms with Crippen molar-refractivity contribution in [3.8, 4) is 0 Å². The van der Waals surface area contributed by atoms with E-state index in [0.29, 0.717) is 12.8 Å². The van der Waals surface area contributed by atoms with Crippen LogP contribution in [0.1, 0.15) is 26.7 Å². The monoisotopic (exact) mass is 232 g/mol. The van der Waals surface area contributed by atoms with Crippen LogP contribution >= 0.6 is 0 Å². The summed E-state index contributed by atoms with van der Waals surface area (Å²) < 4.78 is 4.31. The highest BCUT2D eigenvalue weighted by molar-refractivity contribution is 5.86. The molecule has 94 valence electrons. The Morgan fingerprint density at radius 1 is 1.44 bits per heavy atom. The molecular formula is C10H20N2O4. The molecule has 0 saturated carbocycles. The third kappa shape index (κ3) is 3.79. The first-order valence-electron chi connectivity index (χ1n) is 5.24. The first-order valence-corrected chi connectivity index (χ1v) is 5.24. The normalized spacial score (nSPS) is 13.1. The molecule has 0 radical (unpaired) electrons. The summed E-state index contributed by atoms with van der Waals surface area (Å²) in [5, 5.41) is 11.7. The summed E-state index contributed by atoms with van der Waals surface area (Å²) in [4.78, 5) is 22.5. The van der Waals surface area contributed by atoms with Crippen LogP contribution in [-0.4, -0.2) is 42.3 Å². The lowest BCUT2D eigenvalue weighted by atomic mass is 9.93. The van der Waals surface area contributed by atoms with Gasteiger partial charge in [0.15, 0.2) is 6.10 Å². The second-order valence-corrected chi connectivity index (χ2v) is 3.61. The average molecular weight is 232 g/mol. The minimum absolute atomic E-state index is 0.190. The topological polar surface area (TPSA) is 102 Å².